The van der Waals surface area contributed by atoms with Crippen molar-refractivity contribution in [3.8, 4) is 0 Å². The van der Waals surface area contributed by atoms with E-state index in [0.29, 0.717) is 31.6 Å². The molecule has 1 aliphatic rings. The van der Waals surface area contributed by atoms with Crippen LogP contribution in [-0.4, -0.2) is 57.2 Å². The van der Waals surface area contributed by atoms with Crippen molar-refractivity contribution in [3.05, 3.63) is 41.9 Å². The van der Waals surface area contributed by atoms with Crippen LogP contribution in [0.25, 0.3) is 0 Å². The molecule has 2 aromatic heterocycles. The largest absolute Gasteiger partial charge is 0.357 e. The number of hydrogen-bond donors (Lipinski definition) is 2. The van der Waals surface area contributed by atoms with Crippen molar-refractivity contribution in [2.75, 3.05) is 25.5 Å². The lowest BCUT2D eigenvalue weighted by atomic mass is 9.86. The van der Waals surface area contributed by atoms with Gasteiger partial charge in [0.25, 0.3) is 5.91 Å². The van der Waals surface area contributed by atoms with Crippen molar-refractivity contribution in [2.45, 2.75) is 25.3 Å². The first-order valence-corrected chi connectivity index (χ1v) is 8.66. The smallest absolute Gasteiger partial charge is 0.272 e. The number of piperidine rings is 1. The Morgan fingerprint density at radius 1 is 1.19 bits per heavy atom. The van der Waals surface area contributed by atoms with E-state index in [4.69, 9.17) is 0 Å². The molecule has 2 aromatic rings. The maximum absolute atomic E-state index is 12.7. The van der Waals surface area contributed by atoms with Crippen LogP contribution >= 0.6 is 0 Å². The molecular weight excluding hydrogens is 332 g/mol. The van der Waals surface area contributed by atoms with E-state index in [9.17, 15) is 9.59 Å². The third kappa shape index (κ3) is 3.40. The molecule has 0 atom stereocenters. The molecule has 0 saturated carbocycles. The van der Waals surface area contributed by atoms with Crippen molar-refractivity contribution >= 4 is 17.6 Å². The lowest BCUT2D eigenvalue weighted by molar-refractivity contribution is -0.126. The molecule has 0 bridgehead atoms. The van der Waals surface area contributed by atoms with Gasteiger partial charge in [-0.15, -0.1) is 0 Å². The van der Waals surface area contributed by atoms with Gasteiger partial charge in [-0.05, 0) is 31.9 Å². The molecule has 3 rings (SSSR count). The van der Waals surface area contributed by atoms with Gasteiger partial charge in [0.15, 0.2) is 0 Å². The van der Waals surface area contributed by atoms with Gasteiger partial charge in [-0.1, -0.05) is 6.07 Å². The Bertz CT molecular complexity index is 808. The highest BCUT2D eigenvalue weighted by Gasteiger charge is 2.42. The van der Waals surface area contributed by atoms with E-state index in [1.807, 2.05) is 32.2 Å². The maximum Gasteiger partial charge on any atom is 0.272 e. The standard InChI is InChI=1S/C18H24N6O2/c1-13-5-4-6-14(21-13)16(25)24-11-8-18(9-12-24,17(26)19-2)22-15-7-10-20-23(15)3/h4-7,10,22H,8-9,11-12H2,1-3H3,(H,19,26). The Balaban J connectivity index is 1.75. The number of aromatic nitrogens is 3. The monoisotopic (exact) mass is 356 g/mol. The van der Waals surface area contributed by atoms with Crippen LogP contribution in [0.1, 0.15) is 29.0 Å². The highest BCUT2D eigenvalue weighted by atomic mass is 16.2. The highest BCUT2D eigenvalue weighted by Crippen LogP contribution is 2.28. The van der Waals surface area contributed by atoms with Crippen LogP contribution in [0.4, 0.5) is 5.82 Å². The van der Waals surface area contributed by atoms with Crippen molar-refractivity contribution in [2.24, 2.45) is 7.05 Å². The summed E-state index contributed by atoms with van der Waals surface area (Å²) in [5.74, 6) is 0.591. The van der Waals surface area contributed by atoms with Gasteiger partial charge in [-0.3, -0.25) is 14.3 Å². The van der Waals surface area contributed by atoms with Gasteiger partial charge in [0.2, 0.25) is 5.91 Å². The quantitative estimate of drug-likeness (QED) is 0.851. The average Bonchev–Trinajstić information content (AvgIpc) is 3.05. The van der Waals surface area contributed by atoms with E-state index >= 15 is 0 Å². The molecule has 3 heterocycles. The molecule has 1 saturated heterocycles. The second-order valence-electron chi connectivity index (χ2n) is 6.58. The number of likely N-dealkylation sites (tertiary alicyclic amines) is 1. The van der Waals surface area contributed by atoms with E-state index in [1.165, 1.54) is 0 Å². The molecule has 2 amide bonds. The van der Waals surface area contributed by atoms with E-state index in [0.717, 1.165) is 11.5 Å². The molecular formula is C18H24N6O2. The summed E-state index contributed by atoms with van der Waals surface area (Å²) in [6.45, 7) is 2.82. The minimum atomic E-state index is -0.765. The molecule has 2 N–H and O–H groups in total. The molecule has 0 spiro atoms. The Labute approximate surface area is 152 Å². The number of anilines is 1. The van der Waals surface area contributed by atoms with Gasteiger partial charge in [0.1, 0.15) is 17.1 Å². The number of carbonyl (C=O) groups is 2. The molecule has 0 aliphatic carbocycles. The zero-order chi connectivity index (χ0) is 18.7. The molecule has 0 unspecified atom stereocenters. The number of carbonyl (C=O) groups excluding carboxylic acids is 2. The average molecular weight is 356 g/mol. The molecule has 1 aliphatic heterocycles. The normalized spacial score (nSPS) is 16.2. The number of hydrogen-bond acceptors (Lipinski definition) is 5. The number of amides is 2. The predicted octanol–water partition coefficient (Wildman–Crippen LogP) is 0.956. The number of aryl methyl sites for hydroxylation is 2. The van der Waals surface area contributed by atoms with Crippen LogP contribution in [-0.2, 0) is 11.8 Å². The van der Waals surface area contributed by atoms with Crippen molar-refractivity contribution < 1.29 is 9.59 Å². The second kappa shape index (κ2) is 7.15. The molecule has 0 aromatic carbocycles. The van der Waals surface area contributed by atoms with Gasteiger partial charge in [-0.2, -0.15) is 5.10 Å². The summed E-state index contributed by atoms with van der Waals surface area (Å²) in [6, 6.07) is 7.25. The van der Waals surface area contributed by atoms with Gasteiger partial charge >= 0.3 is 0 Å². The summed E-state index contributed by atoms with van der Waals surface area (Å²) in [5, 5.41) is 10.2. The zero-order valence-electron chi connectivity index (χ0n) is 15.3. The van der Waals surface area contributed by atoms with Gasteiger partial charge in [0, 0.05) is 38.9 Å². The fourth-order valence-corrected chi connectivity index (χ4v) is 3.31. The maximum atomic E-state index is 12.7. The van der Waals surface area contributed by atoms with Crippen LogP contribution in [0, 0.1) is 6.92 Å². The predicted molar refractivity (Wildman–Crippen MR) is 97.7 cm³/mol. The van der Waals surface area contributed by atoms with Crippen LogP contribution in [0.3, 0.4) is 0 Å². The molecule has 1 fully saturated rings. The van der Waals surface area contributed by atoms with E-state index < -0.39 is 5.54 Å². The first kappa shape index (κ1) is 17.9. The van der Waals surface area contributed by atoms with E-state index in [-0.39, 0.29) is 11.8 Å². The summed E-state index contributed by atoms with van der Waals surface area (Å²) in [7, 11) is 3.45. The number of pyridine rings is 1. The lowest BCUT2D eigenvalue weighted by Crippen LogP contribution is -2.58. The first-order valence-electron chi connectivity index (χ1n) is 8.66. The molecule has 138 valence electrons. The molecule has 0 radical (unpaired) electrons. The Hall–Kier alpha value is -2.90. The topological polar surface area (TPSA) is 92.2 Å². The minimum Gasteiger partial charge on any atom is -0.357 e. The summed E-state index contributed by atoms with van der Waals surface area (Å²) in [4.78, 5) is 31.4. The van der Waals surface area contributed by atoms with Gasteiger partial charge < -0.3 is 15.5 Å². The van der Waals surface area contributed by atoms with Gasteiger partial charge in [-0.25, -0.2) is 4.98 Å². The summed E-state index contributed by atoms with van der Waals surface area (Å²) < 4.78 is 1.69. The minimum absolute atomic E-state index is 0.0838. The van der Waals surface area contributed by atoms with Crippen molar-refractivity contribution in [1.29, 1.82) is 0 Å². The highest BCUT2D eigenvalue weighted by molar-refractivity contribution is 5.93. The number of likely N-dealkylation sites (N-methyl/N-ethyl adjacent to an activating group) is 1. The first-order chi connectivity index (χ1) is 12.4. The molecule has 8 nitrogen and oxygen atoms in total. The number of nitrogens with one attached hydrogen (secondary N) is 2. The number of rotatable bonds is 4. The van der Waals surface area contributed by atoms with Crippen LogP contribution in [0.15, 0.2) is 30.5 Å². The third-order valence-electron chi connectivity index (χ3n) is 4.86. The number of nitrogens with zero attached hydrogens (tertiary/aromatic N) is 4. The fraction of sp³-hybridized carbons (Fsp3) is 0.444. The van der Waals surface area contributed by atoms with Crippen LogP contribution in [0.5, 0.6) is 0 Å². The summed E-state index contributed by atoms with van der Waals surface area (Å²) in [6.07, 6.45) is 2.70. The zero-order valence-corrected chi connectivity index (χ0v) is 15.3. The van der Waals surface area contributed by atoms with E-state index in [1.54, 1.807) is 28.9 Å². The lowest BCUT2D eigenvalue weighted by Gasteiger charge is -2.41. The Morgan fingerprint density at radius 3 is 2.50 bits per heavy atom. The second-order valence-corrected chi connectivity index (χ2v) is 6.58. The molecule has 8 heteroatoms. The van der Waals surface area contributed by atoms with Crippen molar-refractivity contribution in [3.63, 3.8) is 0 Å². The Morgan fingerprint density at radius 2 is 1.92 bits per heavy atom. The molecule has 26 heavy (non-hydrogen) atoms. The fourth-order valence-electron chi connectivity index (χ4n) is 3.31. The summed E-state index contributed by atoms with van der Waals surface area (Å²) >= 11 is 0. The van der Waals surface area contributed by atoms with Crippen LogP contribution < -0.4 is 10.6 Å². The Kier molecular flexibility index (Phi) is 4.92. The van der Waals surface area contributed by atoms with Crippen molar-refractivity contribution in [1.82, 2.24) is 25.0 Å². The SMILES string of the molecule is CNC(=O)C1(Nc2ccnn2C)CCN(C(=O)c2cccc(C)n2)CC1. The van der Waals surface area contributed by atoms with Crippen LogP contribution in [0.2, 0.25) is 0 Å². The third-order valence-corrected chi connectivity index (χ3v) is 4.86. The van der Waals surface area contributed by atoms with Gasteiger partial charge in [0.05, 0.1) is 6.20 Å². The summed E-state index contributed by atoms with van der Waals surface area (Å²) in [5.41, 5.74) is 0.488. The van der Waals surface area contributed by atoms with E-state index in [2.05, 4.69) is 20.7 Å².